The molecule has 138 heavy (non-hydrogen) atoms. The zero-order valence-corrected chi connectivity index (χ0v) is 81.5. The molecule has 0 aliphatic carbocycles. The Morgan fingerprint density at radius 3 is 1.15 bits per heavy atom. The van der Waals surface area contributed by atoms with Gasteiger partial charge in [-0.3, -0.25) is 42.9 Å². The number of amides is 6. The summed E-state index contributed by atoms with van der Waals surface area (Å²) in [6.45, 7) is 26.2. The van der Waals surface area contributed by atoms with Crippen molar-refractivity contribution in [1.29, 1.82) is 0 Å². The van der Waals surface area contributed by atoms with Gasteiger partial charge in [0.25, 0.3) is 40.1 Å². The van der Waals surface area contributed by atoms with Gasteiger partial charge in [0.05, 0.1) is 142 Å². The molecule has 4 fully saturated rings. The fourth-order valence-electron chi connectivity index (χ4n) is 16.6. The van der Waals surface area contributed by atoms with Crippen LogP contribution in [0.3, 0.4) is 0 Å². The normalized spacial score (nSPS) is 18.4. The predicted molar refractivity (Wildman–Crippen MR) is 502 cm³/mol. The average Bonchev–Trinajstić information content (AvgIpc) is 1.57. The Bertz CT molecular complexity index is 7430. The van der Waals surface area contributed by atoms with Gasteiger partial charge in [-0.15, -0.1) is 0 Å². The van der Waals surface area contributed by atoms with Gasteiger partial charge in [0, 0.05) is 78.3 Å². The Balaban J connectivity index is 0.000000147. The van der Waals surface area contributed by atoms with Crippen molar-refractivity contribution in [2.75, 3.05) is 26.2 Å². The Labute approximate surface area is 795 Å². The van der Waals surface area contributed by atoms with Crippen molar-refractivity contribution >= 4 is 138 Å². The molecular weight excluding hydrogens is 1860 g/mol. The van der Waals surface area contributed by atoms with Gasteiger partial charge in [-0.25, -0.2) is 94.2 Å². The van der Waals surface area contributed by atoms with Crippen LogP contribution < -0.4 is 21.3 Å². The summed E-state index contributed by atoms with van der Waals surface area (Å²) in [6.07, 6.45) is 11.5. The van der Waals surface area contributed by atoms with Crippen LogP contribution in [0, 0.1) is 55.4 Å². The van der Waals surface area contributed by atoms with E-state index in [-0.39, 0.29) is 112 Å². The van der Waals surface area contributed by atoms with Crippen molar-refractivity contribution in [3.8, 4) is 0 Å². The third-order valence-corrected chi connectivity index (χ3v) is 30.1. The first kappa shape index (κ1) is 100. The first-order valence-corrected chi connectivity index (χ1v) is 49.8. The highest BCUT2D eigenvalue weighted by molar-refractivity contribution is 7.91. The number of esters is 2. The summed E-state index contributed by atoms with van der Waals surface area (Å²) >= 11 is 0. The minimum atomic E-state index is -3.89. The van der Waals surface area contributed by atoms with Crippen molar-refractivity contribution in [1.82, 2.24) is 96.1 Å². The topological polar surface area (TPSA) is 526 Å². The SMILES string of the molecule is CC(=O)O[C@@H]1C[C@H](C(=O)NCc2cnc3c(n2)c(C)cn3S(=O)(=O)c2ccc(C)cc2)N(C(C)=O)C1.CC(=O)O[C@@H]1C[C@H](c2ncc3cnc4c(c(C)cn4S(=O)(=O)c4ccc(C)cc4)n23)N(C(C)=O)C1.Cc1ccc(S(=O)(=O)n2cc(C)c3nc(CNC(=O)[C@H]4C[C@@H](O)CN4)cnc32)cc1.Cc1ccc(S(=O)(=O)n2cc(C)c3nc(CNC(=O)[C@H]4C[C@@H](O)CN4C(=O)OC(C)(C)C)cnc32)cc1. The molecule has 4 saturated heterocycles. The monoisotopic (exact) mass is 1970 g/mol. The van der Waals surface area contributed by atoms with E-state index in [2.05, 4.69) is 61.1 Å². The third-order valence-electron chi connectivity index (χ3n) is 23.4. The number of β-amino-alcohol motifs (C(OH)–C–C–N with tert-alkyl or cyclic N) is 2. The summed E-state index contributed by atoms with van der Waals surface area (Å²) in [5.41, 5.74) is 10.4. The molecular formula is C93H106N20O21S4. The molecule has 13 aromatic rings. The second kappa shape index (κ2) is 40.1. The summed E-state index contributed by atoms with van der Waals surface area (Å²) in [6, 6.07) is 23.8. The standard InChI is InChI=1S/C25H31N5O6S.C24H27N5O6S.C24H25N5O5S.C20H23N5O4S/c1-15-6-8-19(9-7-15)37(34,35)30-13-16(2)21-22(30)26-11-17(28-21)12-27-23(32)20-10-18(31)14-29(20)24(33)36-25(3,4)5;1-14-5-7-20(8-6-14)36(33,34)29-12-15(2)22-23(29)25-10-18(27-22)11-26-24(32)21-9-19(35-17(4)31)13-28(21)16(3)30;1-14-5-7-20(8-6-14)35(32,33)28-12-15(2)22-24(28)26-11-18-10-25-23(29(18)22)21-9-19(34-17(4)31)13-27(21)16(3)30;1-12-3-5-16(6-4-12)30(28,29)25-11-13(2)18-19(25)22-8-14(24-18)9-23-20(27)17-7-15(26)10-21-17/h6-9,11,13,18,20,31H,10,12,14H2,1-5H3,(H,27,32);5-8,10,12,19,21H,9,11,13H2,1-4H3,(H,26,32);5-8,10-12,19,21H,9,13H2,1-4H3;3-6,8,11,15,17,21,26H,7,9-10H2,1-2H3,(H,23,27)/t18-,20-;2*19-,21-;15-,17-/m1111/s1. The molecule has 0 bridgehead atoms. The van der Waals surface area contributed by atoms with E-state index in [1.54, 1.807) is 162 Å². The molecule has 728 valence electrons. The molecule has 4 aromatic carbocycles. The first-order chi connectivity index (χ1) is 65.1. The number of nitrogens with one attached hydrogen (secondary N) is 4. The molecule has 0 unspecified atom stereocenters. The van der Waals surface area contributed by atoms with E-state index < -0.39 is 124 Å². The number of aromatic nitrogens is 13. The zero-order valence-electron chi connectivity index (χ0n) is 78.3. The number of aliphatic hydroxyl groups excluding tert-OH is 2. The lowest BCUT2D eigenvalue weighted by atomic mass is 10.2. The number of likely N-dealkylation sites (tertiary alicyclic amines) is 3. The van der Waals surface area contributed by atoms with E-state index in [4.69, 9.17) is 14.2 Å². The first-order valence-electron chi connectivity index (χ1n) is 44.0. The number of rotatable bonds is 20. The van der Waals surface area contributed by atoms with E-state index in [1.165, 1.54) is 78.6 Å². The fraction of sp³-hybridized carbons (Fsp3) is 0.376. The summed E-state index contributed by atoms with van der Waals surface area (Å²) < 4.78 is 128. The lowest BCUT2D eigenvalue weighted by Gasteiger charge is -2.27. The maximum absolute atomic E-state index is 13.5. The number of hydrogen-bond donors (Lipinski definition) is 6. The van der Waals surface area contributed by atoms with Crippen LogP contribution in [0.2, 0.25) is 0 Å². The largest absolute Gasteiger partial charge is 0.461 e. The van der Waals surface area contributed by atoms with Crippen molar-refractivity contribution in [3.63, 3.8) is 0 Å². The zero-order chi connectivity index (χ0) is 99.9. The molecule has 6 N–H and O–H groups in total. The Kier molecular flexibility index (Phi) is 29.1. The average molecular weight is 1970 g/mol. The number of carbonyl (C=O) groups excluding carboxylic acids is 8. The number of carbonyl (C=O) groups is 8. The molecule has 45 heteroatoms. The highest BCUT2D eigenvalue weighted by atomic mass is 32.2. The second-order valence-corrected chi connectivity index (χ2v) is 42.7. The maximum atomic E-state index is 13.5. The van der Waals surface area contributed by atoms with Crippen molar-refractivity contribution in [3.05, 3.63) is 220 Å². The van der Waals surface area contributed by atoms with Crippen LogP contribution in [0.15, 0.2) is 172 Å². The number of aryl methyl sites for hydroxylation is 8. The molecule has 0 radical (unpaired) electrons. The molecule has 13 heterocycles. The second-order valence-electron chi connectivity index (χ2n) is 35.5. The van der Waals surface area contributed by atoms with Crippen LogP contribution in [-0.4, -0.2) is 241 Å². The van der Waals surface area contributed by atoms with Crippen LogP contribution in [0.1, 0.15) is 148 Å². The van der Waals surface area contributed by atoms with Gasteiger partial charge in [0.2, 0.25) is 29.5 Å². The highest BCUT2D eigenvalue weighted by Crippen LogP contribution is 2.38. The van der Waals surface area contributed by atoms with Gasteiger partial charge in [-0.2, -0.15) is 0 Å². The van der Waals surface area contributed by atoms with Crippen LogP contribution in [-0.2, 0) is 107 Å². The van der Waals surface area contributed by atoms with E-state index in [1.807, 2.05) is 39.0 Å². The molecule has 6 amide bonds. The number of hydrogen-bond acceptors (Lipinski definition) is 30. The Morgan fingerprint density at radius 2 is 0.775 bits per heavy atom. The molecule has 0 saturated carbocycles. The van der Waals surface area contributed by atoms with E-state index in [0.717, 1.165) is 34.2 Å². The van der Waals surface area contributed by atoms with Gasteiger partial charge in [0.1, 0.15) is 52.3 Å². The van der Waals surface area contributed by atoms with Crippen molar-refractivity contribution in [2.45, 2.75) is 223 Å². The van der Waals surface area contributed by atoms with Crippen LogP contribution >= 0.6 is 0 Å². The summed E-state index contributed by atoms with van der Waals surface area (Å²) in [5.74, 6) is -1.86. The van der Waals surface area contributed by atoms with Crippen molar-refractivity contribution < 1.29 is 96.5 Å². The molecule has 41 nitrogen and oxygen atoms in total. The quantitative estimate of drug-likeness (QED) is 0.0327. The summed E-state index contributed by atoms with van der Waals surface area (Å²) in [7, 11) is -15.4. The minimum Gasteiger partial charge on any atom is -0.461 e. The van der Waals surface area contributed by atoms with Crippen molar-refractivity contribution in [2.24, 2.45) is 0 Å². The summed E-state index contributed by atoms with van der Waals surface area (Å²) in [4.78, 5) is 138. The van der Waals surface area contributed by atoms with E-state index >= 15 is 0 Å². The lowest BCUT2D eigenvalue weighted by Crippen LogP contribution is -2.47. The number of benzene rings is 4. The van der Waals surface area contributed by atoms with Gasteiger partial charge in [-0.1, -0.05) is 70.8 Å². The number of fused-ring (bicyclic) bond motifs is 6. The van der Waals surface area contributed by atoms with Gasteiger partial charge >= 0.3 is 18.0 Å². The molecule has 4 aliphatic rings. The van der Waals surface area contributed by atoms with Gasteiger partial charge < -0.3 is 55.5 Å². The number of ether oxygens (including phenoxy) is 3. The predicted octanol–water partition coefficient (Wildman–Crippen LogP) is 7.11. The van der Waals surface area contributed by atoms with Crippen LogP contribution in [0.25, 0.3) is 50.2 Å². The van der Waals surface area contributed by atoms with E-state index in [9.17, 15) is 82.2 Å². The molecule has 4 aliphatic heterocycles. The number of aliphatic hydroxyl groups is 2. The maximum Gasteiger partial charge on any atom is 0.411 e. The molecule has 8 atom stereocenters. The van der Waals surface area contributed by atoms with Crippen LogP contribution in [0.4, 0.5) is 4.79 Å². The molecule has 9 aromatic heterocycles. The highest BCUT2D eigenvalue weighted by Gasteiger charge is 2.44. The molecule has 17 rings (SSSR count). The Hall–Kier alpha value is -13.9. The Morgan fingerprint density at radius 1 is 0.420 bits per heavy atom. The lowest BCUT2D eigenvalue weighted by molar-refractivity contribution is -0.147. The minimum absolute atomic E-state index is 0.000924. The third kappa shape index (κ3) is 21.6. The summed E-state index contributed by atoms with van der Waals surface area (Å²) in [5, 5.41) is 30.8. The fourth-order valence-corrected chi connectivity index (χ4v) is 22.0. The number of nitrogens with zero attached hydrogens (tertiary/aromatic N) is 16. The van der Waals surface area contributed by atoms with Gasteiger partial charge in [-0.05, 0) is 153 Å². The van der Waals surface area contributed by atoms with Gasteiger partial charge in [0.15, 0.2) is 22.6 Å². The van der Waals surface area contributed by atoms with Crippen LogP contribution in [0.5, 0.6) is 0 Å². The molecule has 0 spiro atoms. The van der Waals surface area contributed by atoms with E-state index in [0.29, 0.717) is 92.1 Å². The number of imidazole rings is 1. The smallest absolute Gasteiger partial charge is 0.411 e.